The zero-order chi connectivity index (χ0) is 15.2. The number of nitro groups is 1. The molecule has 1 fully saturated rings. The molecule has 0 aromatic heterocycles. The molecule has 7 heteroatoms. The van der Waals surface area contributed by atoms with Crippen LogP contribution in [0.5, 0.6) is 5.75 Å². The first-order chi connectivity index (χ1) is 10.1. The highest BCUT2D eigenvalue weighted by Crippen LogP contribution is 2.27. The van der Waals surface area contributed by atoms with E-state index in [-0.39, 0.29) is 23.0 Å². The third-order valence-electron chi connectivity index (χ3n) is 3.57. The van der Waals surface area contributed by atoms with Crippen molar-refractivity contribution in [1.82, 2.24) is 4.90 Å². The lowest BCUT2D eigenvalue weighted by Crippen LogP contribution is -2.32. The van der Waals surface area contributed by atoms with E-state index >= 15 is 0 Å². The molecule has 0 bridgehead atoms. The second-order valence-corrected chi connectivity index (χ2v) is 5.16. The highest BCUT2D eigenvalue weighted by Gasteiger charge is 2.14. The van der Waals surface area contributed by atoms with Gasteiger partial charge in [0.05, 0.1) is 16.7 Å². The van der Waals surface area contributed by atoms with E-state index in [1.165, 1.54) is 31.4 Å². The number of piperidine rings is 1. The monoisotopic (exact) mass is 293 g/mol. The molecule has 0 radical (unpaired) electrons. The van der Waals surface area contributed by atoms with Crippen molar-refractivity contribution in [2.75, 3.05) is 25.0 Å². The molecule has 1 heterocycles. The molecule has 1 aromatic carbocycles. The SMILES string of the molecule is O=C(CCN1CCCCC1)Nc1ccc([N+](=O)[O-])cc1O. The maximum absolute atomic E-state index is 11.8. The Bertz CT molecular complexity index is 527. The second kappa shape index (κ2) is 7.03. The summed E-state index contributed by atoms with van der Waals surface area (Å²) in [6.45, 7) is 2.74. The highest BCUT2D eigenvalue weighted by atomic mass is 16.6. The van der Waals surface area contributed by atoms with E-state index in [9.17, 15) is 20.0 Å². The molecule has 1 amide bonds. The first-order valence-electron chi connectivity index (χ1n) is 7.06. The van der Waals surface area contributed by atoms with Crippen molar-refractivity contribution in [2.45, 2.75) is 25.7 Å². The van der Waals surface area contributed by atoms with Gasteiger partial charge in [0.1, 0.15) is 5.75 Å². The van der Waals surface area contributed by atoms with E-state index in [1.54, 1.807) is 0 Å². The van der Waals surface area contributed by atoms with Crippen molar-refractivity contribution in [1.29, 1.82) is 0 Å². The van der Waals surface area contributed by atoms with Gasteiger partial charge in [-0.25, -0.2) is 0 Å². The van der Waals surface area contributed by atoms with Gasteiger partial charge in [0.2, 0.25) is 5.91 Å². The van der Waals surface area contributed by atoms with Crippen molar-refractivity contribution < 1.29 is 14.8 Å². The molecule has 0 atom stereocenters. The van der Waals surface area contributed by atoms with Gasteiger partial charge in [0, 0.05) is 19.0 Å². The van der Waals surface area contributed by atoms with E-state index in [0.29, 0.717) is 13.0 Å². The van der Waals surface area contributed by atoms with Gasteiger partial charge in [-0.1, -0.05) is 6.42 Å². The summed E-state index contributed by atoms with van der Waals surface area (Å²) in [6.07, 6.45) is 3.94. The fourth-order valence-corrected chi connectivity index (χ4v) is 2.39. The predicted octanol–water partition coefficient (Wildman–Crippen LogP) is 2.11. The molecule has 21 heavy (non-hydrogen) atoms. The molecule has 7 nitrogen and oxygen atoms in total. The number of amides is 1. The number of aromatic hydroxyl groups is 1. The summed E-state index contributed by atoms with van der Waals surface area (Å²) < 4.78 is 0. The predicted molar refractivity (Wildman–Crippen MR) is 78.3 cm³/mol. The molecule has 0 unspecified atom stereocenters. The summed E-state index contributed by atoms with van der Waals surface area (Å²) in [4.78, 5) is 24.1. The first-order valence-corrected chi connectivity index (χ1v) is 7.06. The summed E-state index contributed by atoms with van der Waals surface area (Å²) in [5.74, 6) is -0.500. The first kappa shape index (κ1) is 15.2. The van der Waals surface area contributed by atoms with Crippen LogP contribution in [0.4, 0.5) is 11.4 Å². The molecular formula is C14H19N3O4. The minimum absolute atomic E-state index is 0.198. The van der Waals surface area contributed by atoms with Gasteiger partial charge in [-0.05, 0) is 32.0 Å². The van der Waals surface area contributed by atoms with Crippen LogP contribution in [0.3, 0.4) is 0 Å². The van der Waals surface area contributed by atoms with Gasteiger partial charge in [-0.3, -0.25) is 14.9 Å². The Hall–Kier alpha value is -2.15. The Morgan fingerprint density at radius 2 is 2.05 bits per heavy atom. The standard InChI is InChI=1S/C14H19N3O4/c18-13-10-11(17(20)21)4-5-12(13)15-14(19)6-9-16-7-2-1-3-8-16/h4-5,10,18H,1-3,6-9H2,(H,15,19). The number of carbonyl (C=O) groups excluding carboxylic acids is 1. The third-order valence-corrected chi connectivity index (χ3v) is 3.57. The topological polar surface area (TPSA) is 95.7 Å². The van der Waals surface area contributed by atoms with Gasteiger partial charge < -0.3 is 15.3 Å². The maximum Gasteiger partial charge on any atom is 0.273 e. The fraction of sp³-hybridized carbons (Fsp3) is 0.500. The minimum atomic E-state index is -0.596. The number of rotatable bonds is 5. The number of phenols is 1. The van der Waals surface area contributed by atoms with Crippen LogP contribution in [0.25, 0.3) is 0 Å². The molecule has 1 saturated heterocycles. The number of phenolic OH excluding ortho intramolecular Hbond substituents is 1. The number of anilines is 1. The Morgan fingerprint density at radius 1 is 1.33 bits per heavy atom. The normalized spacial score (nSPS) is 15.6. The lowest BCUT2D eigenvalue weighted by atomic mass is 10.1. The van der Waals surface area contributed by atoms with E-state index < -0.39 is 4.92 Å². The van der Waals surface area contributed by atoms with Crippen molar-refractivity contribution >= 4 is 17.3 Å². The average Bonchev–Trinajstić information content (AvgIpc) is 2.48. The van der Waals surface area contributed by atoms with Gasteiger partial charge in [0.25, 0.3) is 5.69 Å². The molecule has 2 N–H and O–H groups in total. The lowest BCUT2D eigenvalue weighted by Gasteiger charge is -2.25. The molecule has 0 spiro atoms. The summed E-state index contributed by atoms with van der Waals surface area (Å²) >= 11 is 0. The molecule has 1 aliphatic heterocycles. The van der Waals surface area contributed by atoms with Crippen molar-refractivity contribution in [3.63, 3.8) is 0 Å². The zero-order valence-electron chi connectivity index (χ0n) is 11.7. The number of hydrogen-bond acceptors (Lipinski definition) is 5. The van der Waals surface area contributed by atoms with Crippen LogP contribution in [0, 0.1) is 10.1 Å². The van der Waals surface area contributed by atoms with Crippen molar-refractivity contribution in [2.24, 2.45) is 0 Å². The number of nitro benzene ring substituents is 1. The maximum atomic E-state index is 11.8. The van der Waals surface area contributed by atoms with E-state index in [4.69, 9.17) is 0 Å². The van der Waals surface area contributed by atoms with E-state index in [1.807, 2.05) is 0 Å². The van der Waals surface area contributed by atoms with Gasteiger partial charge in [0.15, 0.2) is 0 Å². The van der Waals surface area contributed by atoms with Crippen LogP contribution >= 0.6 is 0 Å². The number of nitrogens with one attached hydrogen (secondary N) is 1. The third kappa shape index (κ3) is 4.42. The van der Waals surface area contributed by atoms with E-state index in [2.05, 4.69) is 10.2 Å². The van der Waals surface area contributed by atoms with Gasteiger partial charge in [-0.2, -0.15) is 0 Å². The number of benzene rings is 1. The molecule has 1 aromatic rings. The average molecular weight is 293 g/mol. The number of carbonyl (C=O) groups is 1. The molecule has 0 aliphatic carbocycles. The number of likely N-dealkylation sites (tertiary alicyclic amines) is 1. The highest BCUT2D eigenvalue weighted by molar-refractivity contribution is 5.92. The molecule has 1 aliphatic rings. The molecular weight excluding hydrogens is 274 g/mol. The molecule has 114 valence electrons. The Morgan fingerprint density at radius 3 is 2.67 bits per heavy atom. The fourth-order valence-electron chi connectivity index (χ4n) is 2.39. The largest absolute Gasteiger partial charge is 0.506 e. The summed E-state index contributed by atoms with van der Waals surface area (Å²) in [7, 11) is 0. The number of non-ortho nitro benzene ring substituents is 1. The van der Waals surface area contributed by atoms with Crippen LogP contribution in [-0.2, 0) is 4.79 Å². The van der Waals surface area contributed by atoms with Crippen molar-refractivity contribution in [3.8, 4) is 5.75 Å². The molecule has 2 rings (SSSR count). The Labute approximate surface area is 122 Å². The minimum Gasteiger partial charge on any atom is -0.506 e. The summed E-state index contributed by atoms with van der Waals surface area (Å²) in [6, 6.07) is 3.62. The lowest BCUT2D eigenvalue weighted by molar-refractivity contribution is -0.384. The summed E-state index contributed by atoms with van der Waals surface area (Å²) in [5.41, 5.74) is -0.0111. The van der Waals surface area contributed by atoms with Crippen LogP contribution < -0.4 is 5.32 Å². The zero-order valence-corrected chi connectivity index (χ0v) is 11.7. The van der Waals surface area contributed by atoms with E-state index in [0.717, 1.165) is 19.2 Å². The smallest absolute Gasteiger partial charge is 0.273 e. The Kier molecular flexibility index (Phi) is 5.10. The van der Waals surface area contributed by atoms with Gasteiger partial charge in [-0.15, -0.1) is 0 Å². The quantitative estimate of drug-likeness (QED) is 0.492. The second-order valence-electron chi connectivity index (χ2n) is 5.16. The number of nitrogens with zero attached hydrogens (tertiary/aromatic N) is 2. The Balaban J connectivity index is 1.85. The van der Waals surface area contributed by atoms with Crippen LogP contribution in [0.15, 0.2) is 18.2 Å². The van der Waals surface area contributed by atoms with Crippen LogP contribution in [0.2, 0.25) is 0 Å². The number of hydrogen-bond donors (Lipinski definition) is 2. The van der Waals surface area contributed by atoms with Gasteiger partial charge >= 0.3 is 0 Å². The molecule has 0 saturated carbocycles. The van der Waals surface area contributed by atoms with Crippen LogP contribution in [-0.4, -0.2) is 40.5 Å². The van der Waals surface area contributed by atoms with Crippen LogP contribution in [0.1, 0.15) is 25.7 Å². The van der Waals surface area contributed by atoms with Crippen molar-refractivity contribution in [3.05, 3.63) is 28.3 Å². The summed E-state index contributed by atoms with van der Waals surface area (Å²) in [5, 5.41) is 22.8.